The van der Waals surface area contributed by atoms with Gasteiger partial charge < -0.3 is 10.4 Å². The highest BCUT2D eigenvalue weighted by molar-refractivity contribution is 6.31. The Kier molecular flexibility index (Phi) is 4.02. The van der Waals surface area contributed by atoms with Gasteiger partial charge in [0.2, 0.25) is 5.91 Å². The molecule has 0 bridgehead atoms. The topological polar surface area (TPSA) is 66.4 Å². The molecule has 130 valence electrons. The van der Waals surface area contributed by atoms with Gasteiger partial charge in [0.15, 0.2) is 0 Å². The minimum absolute atomic E-state index is 0.157. The molecule has 0 heterocycles. The number of carbonyl (C=O) groups excluding carboxylic acids is 1. The third-order valence-corrected chi connectivity index (χ3v) is 5.18. The lowest BCUT2D eigenvalue weighted by molar-refractivity contribution is -0.153. The van der Waals surface area contributed by atoms with Crippen molar-refractivity contribution in [1.29, 1.82) is 0 Å². The summed E-state index contributed by atoms with van der Waals surface area (Å²) in [6, 6.07) is 3.04. The van der Waals surface area contributed by atoms with Gasteiger partial charge in [0.05, 0.1) is 22.9 Å². The number of carboxylic acid groups (broad SMARTS) is 1. The Morgan fingerprint density at radius 3 is 2.29 bits per heavy atom. The predicted molar refractivity (Wildman–Crippen MR) is 79.4 cm³/mol. The van der Waals surface area contributed by atoms with Crippen LogP contribution in [0.25, 0.3) is 0 Å². The van der Waals surface area contributed by atoms with Crippen molar-refractivity contribution in [2.24, 2.45) is 11.8 Å². The van der Waals surface area contributed by atoms with E-state index in [0.29, 0.717) is 25.7 Å². The van der Waals surface area contributed by atoms with Crippen LogP contribution in [0, 0.1) is 11.8 Å². The Morgan fingerprint density at radius 1 is 1.21 bits per heavy atom. The van der Waals surface area contributed by atoms with E-state index in [4.69, 9.17) is 16.7 Å². The Bertz CT molecular complexity index is 700. The van der Waals surface area contributed by atoms with E-state index in [-0.39, 0.29) is 10.6 Å². The molecule has 3 rings (SSSR count). The summed E-state index contributed by atoms with van der Waals surface area (Å²) in [5, 5.41) is 11.9. The van der Waals surface area contributed by atoms with Crippen molar-refractivity contribution in [2.45, 2.75) is 37.4 Å². The lowest BCUT2D eigenvalue weighted by Gasteiger charge is -2.33. The number of carboxylic acids is 1. The maximum atomic E-state index is 12.9. The Morgan fingerprint density at radius 2 is 1.83 bits per heavy atom. The van der Waals surface area contributed by atoms with Crippen LogP contribution in [0.4, 0.5) is 13.2 Å². The number of carbonyl (C=O) groups is 2. The molecule has 2 aliphatic carbocycles. The van der Waals surface area contributed by atoms with Gasteiger partial charge in [-0.2, -0.15) is 13.2 Å². The number of amides is 1. The van der Waals surface area contributed by atoms with Crippen molar-refractivity contribution in [3.8, 4) is 0 Å². The zero-order chi connectivity index (χ0) is 17.7. The van der Waals surface area contributed by atoms with Crippen molar-refractivity contribution >= 4 is 23.5 Å². The predicted octanol–water partition coefficient (Wildman–Crippen LogP) is 3.57. The molecule has 2 aliphatic rings. The van der Waals surface area contributed by atoms with E-state index < -0.39 is 41.0 Å². The van der Waals surface area contributed by atoms with Crippen molar-refractivity contribution in [1.82, 2.24) is 5.32 Å². The van der Waals surface area contributed by atoms with E-state index in [2.05, 4.69) is 5.32 Å². The minimum atomic E-state index is -4.50. The van der Waals surface area contributed by atoms with Gasteiger partial charge in [-0.15, -0.1) is 0 Å². The van der Waals surface area contributed by atoms with E-state index >= 15 is 0 Å². The Labute approximate surface area is 141 Å². The van der Waals surface area contributed by atoms with Gasteiger partial charge >= 0.3 is 12.1 Å². The summed E-state index contributed by atoms with van der Waals surface area (Å²) in [6.07, 6.45) is -2.64. The number of hydrogen-bond donors (Lipinski definition) is 2. The fourth-order valence-corrected chi connectivity index (χ4v) is 3.39. The molecule has 4 nitrogen and oxygen atoms in total. The Balaban J connectivity index is 1.82. The van der Waals surface area contributed by atoms with E-state index in [0.717, 1.165) is 12.1 Å². The van der Waals surface area contributed by atoms with Gasteiger partial charge in [-0.3, -0.25) is 9.59 Å². The number of aliphatic carboxylic acids is 1. The standard InChI is InChI=1S/C16H15ClF3NO3/c17-12-4-1-8(16(18,19)20)7-11(12)15(5-6-15)21-13(22)9-2-3-10(9)14(23)24/h1,4,7,9-10H,2-3,5-6H2,(H,21,22)(H,23,24). The minimum Gasteiger partial charge on any atom is -0.481 e. The van der Waals surface area contributed by atoms with Crippen LogP contribution in [-0.4, -0.2) is 17.0 Å². The highest BCUT2D eigenvalue weighted by atomic mass is 35.5. The molecule has 2 N–H and O–H groups in total. The molecule has 1 aromatic rings. The number of benzene rings is 1. The summed E-state index contributed by atoms with van der Waals surface area (Å²) in [5.41, 5.74) is -1.51. The molecule has 0 radical (unpaired) electrons. The van der Waals surface area contributed by atoms with E-state index in [1.807, 2.05) is 0 Å². The molecule has 8 heteroatoms. The highest BCUT2D eigenvalue weighted by Gasteiger charge is 2.51. The first kappa shape index (κ1) is 17.1. The molecule has 2 unspecified atom stereocenters. The van der Waals surface area contributed by atoms with Gasteiger partial charge in [-0.1, -0.05) is 11.6 Å². The molecule has 24 heavy (non-hydrogen) atoms. The molecule has 2 fully saturated rings. The van der Waals surface area contributed by atoms with Crippen LogP contribution >= 0.6 is 11.6 Å². The fraction of sp³-hybridized carbons (Fsp3) is 0.500. The molecule has 1 aromatic carbocycles. The molecular formula is C16H15ClF3NO3. The van der Waals surface area contributed by atoms with Gasteiger partial charge in [0.1, 0.15) is 0 Å². The molecule has 0 aliphatic heterocycles. The number of hydrogen-bond acceptors (Lipinski definition) is 2. The number of nitrogens with one attached hydrogen (secondary N) is 1. The molecule has 0 aromatic heterocycles. The summed E-state index contributed by atoms with van der Waals surface area (Å²) < 4.78 is 38.7. The second-order valence-electron chi connectivity index (χ2n) is 6.39. The van der Waals surface area contributed by atoms with Gasteiger partial charge in [-0.05, 0) is 49.4 Å². The number of rotatable bonds is 4. The monoisotopic (exact) mass is 361 g/mol. The molecule has 2 atom stereocenters. The van der Waals surface area contributed by atoms with Crippen LogP contribution in [0.2, 0.25) is 5.02 Å². The first-order valence-corrected chi connectivity index (χ1v) is 7.94. The summed E-state index contributed by atoms with van der Waals surface area (Å²) >= 11 is 6.05. The SMILES string of the molecule is O=C(O)C1CCC1C(=O)NC1(c2cc(C(F)(F)F)ccc2Cl)CC1. The third kappa shape index (κ3) is 2.97. The molecule has 0 spiro atoms. The highest BCUT2D eigenvalue weighted by Crippen LogP contribution is 2.50. The first-order valence-electron chi connectivity index (χ1n) is 7.56. The van der Waals surface area contributed by atoms with Crippen LogP contribution in [-0.2, 0) is 21.3 Å². The molecule has 0 saturated heterocycles. The smallest absolute Gasteiger partial charge is 0.416 e. The summed E-state index contributed by atoms with van der Waals surface area (Å²) in [6.45, 7) is 0. The van der Waals surface area contributed by atoms with Crippen molar-refractivity contribution in [3.05, 3.63) is 34.3 Å². The van der Waals surface area contributed by atoms with Crippen LogP contribution in [0.15, 0.2) is 18.2 Å². The normalized spacial score (nSPS) is 24.8. The first-order chi connectivity index (χ1) is 11.1. The summed E-state index contributed by atoms with van der Waals surface area (Å²) in [7, 11) is 0. The van der Waals surface area contributed by atoms with Gasteiger partial charge in [0, 0.05) is 5.02 Å². The quantitative estimate of drug-likeness (QED) is 0.861. The zero-order valence-corrected chi connectivity index (χ0v) is 13.2. The van der Waals surface area contributed by atoms with Gasteiger partial charge in [0.25, 0.3) is 0 Å². The Hall–Kier alpha value is -1.76. The molecule has 1 amide bonds. The van der Waals surface area contributed by atoms with E-state index in [1.54, 1.807) is 0 Å². The molecule has 2 saturated carbocycles. The van der Waals surface area contributed by atoms with Crippen molar-refractivity contribution in [2.75, 3.05) is 0 Å². The lowest BCUT2D eigenvalue weighted by Crippen LogP contribution is -2.47. The second-order valence-corrected chi connectivity index (χ2v) is 6.80. The summed E-state index contributed by atoms with van der Waals surface area (Å²) in [4.78, 5) is 23.4. The van der Waals surface area contributed by atoms with Crippen LogP contribution in [0.5, 0.6) is 0 Å². The van der Waals surface area contributed by atoms with Crippen LogP contribution in [0.1, 0.15) is 36.8 Å². The number of halogens is 4. The van der Waals surface area contributed by atoms with E-state index in [1.165, 1.54) is 6.07 Å². The maximum absolute atomic E-state index is 12.9. The van der Waals surface area contributed by atoms with Crippen molar-refractivity contribution < 1.29 is 27.9 Å². The zero-order valence-electron chi connectivity index (χ0n) is 12.5. The van der Waals surface area contributed by atoms with Gasteiger partial charge in [-0.25, -0.2) is 0 Å². The average Bonchev–Trinajstić information content (AvgIpc) is 3.16. The molecular weight excluding hydrogens is 347 g/mol. The van der Waals surface area contributed by atoms with Crippen molar-refractivity contribution in [3.63, 3.8) is 0 Å². The average molecular weight is 362 g/mol. The van der Waals surface area contributed by atoms with Crippen LogP contribution in [0.3, 0.4) is 0 Å². The fourth-order valence-electron chi connectivity index (χ4n) is 3.09. The third-order valence-electron chi connectivity index (χ3n) is 4.85. The maximum Gasteiger partial charge on any atom is 0.416 e. The lowest BCUT2D eigenvalue weighted by atomic mass is 9.73. The van der Waals surface area contributed by atoms with E-state index in [9.17, 15) is 22.8 Å². The number of alkyl halides is 3. The summed E-state index contributed by atoms with van der Waals surface area (Å²) in [5.74, 6) is -2.81. The largest absolute Gasteiger partial charge is 0.481 e. The second kappa shape index (κ2) is 5.65. The van der Waals surface area contributed by atoms with Crippen LogP contribution < -0.4 is 5.32 Å².